The van der Waals surface area contributed by atoms with Crippen LogP contribution in [0.3, 0.4) is 0 Å². The van der Waals surface area contributed by atoms with Crippen molar-refractivity contribution in [2.75, 3.05) is 0 Å². The van der Waals surface area contributed by atoms with Crippen LogP contribution in [-0.4, -0.2) is 16.0 Å². The van der Waals surface area contributed by atoms with Crippen molar-refractivity contribution in [3.8, 4) is 67.5 Å². The van der Waals surface area contributed by atoms with Crippen LogP contribution in [0.1, 0.15) is 33.5 Å². The van der Waals surface area contributed by atoms with E-state index in [9.17, 15) is 10.2 Å². The van der Waals surface area contributed by atoms with Gasteiger partial charge >= 0.3 is 0 Å². The molecule has 1 aliphatic heterocycles. The van der Waals surface area contributed by atoms with Crippen LogP contribution in [-0.2, 0) is 5.41 Å². The average molecular weight is 635 g/mol. The summed E-state index contributed by atoms with van der Waals surface area (Å²) >= 11 is 0. The first-order valence-corrected chi connectivity index (χ1v) is 16.4. The van der Waals surface area contributed by atoms with Gasteiger partial charge in [-0.1, -0.05) is 133 Å². The monoisotopic (exact) mass is 634 g/mol. The minimum Gasteiger partial charge on any atom is -0.508 e. The van der Waals surface area contributed by atoms with Gasteiger partial charge < -0.3 is 14.9 Å². The summed E-state index contributed by atoms with van der Waals surface area (Å²) in [7, 11) is 0. The Morgan fingerprint density at radius 1 is 0.449 bits per heavy atom. The number of phenols is 2. The fourth-order valence-corrected chi connectivity index (χ4v) is 8.07. The molecular formula is C45H30O4. The number of fused-ring (bicyclic) bond motifs is 6. The molecule has 0 radical (unpaired) electrons. The van der Waals surface area contributed by atoms with E-state index in [2.05, 4.69) is 60.7 Å². The first-order valence-electron chi connectivity index (χ1n) is 16.4. The second-order valence-electron chi connectivity index (χ2n) is 12.7. The number of carbonyl (C=O) groups excluding carboxylic acids is 1. The molecule has 4 nitrogen and oxygen atoms in total. The van der Waals surface area contributed by atoms with Crippen LogP contribution in [0.4, 0.5) is 0 Å². The maximum Gasteiger partial charge on any atom is 0.165 e. The summed E-state index contributed by atoms with van der Waals surface area (Å²) in [5, 5.41) is 21.3. The van der Waals surface area contributed by atoms with Crippen LogP contribution < -0.4 is 4.74 Å². The third-order valence-electron chi connectivity index (χ3n) is 9.95. The van der Waals surface area contributed by atoms with E-state index in [0.29, 0.717) is 17.1 Å². The van der Waals surface area contributed by atoms with Crippen LogP contribution >= 0.6 is 0 Å². The molecule has 4 heteroatoms. The van der Waals surface area contributed by atoms with Gasteiger partial charge in [-0.05, 0) is 56.6 Å². The molecule has 0 unspecified atom stereocenters. The molecule has 0 bridgehead atoms. The van der Waals surface area contributed by atoms with Gasteiger partial charge in [0.2, 0.25) is 0 Å². The summed E-state index contributed by atoms with van der Waals surface area (Å²) in [6.07, 6.45) is 0.146. The number of carbonyl (C=O) groups is 1. The highest BCUT2D eigenvalue weighted by Gasteiger charge is 2.54. The molecule has 2 N–H and O–H groups in total. The van der Waals surface area contributed by atoms with Crippen molar-refractivity contribution in [1.82, 2.24) is 0 Å². The topological polar surface area (TPSA) is 66.8 Å². The van der Waals surface area contributed by atoms with E-state index in [1.54, 1.807) is 24.3 Å². The minimum atomic E-state index is -0.996. The predicted octanol–water partition coefficient (Wildman–Crippen LogP) is 10.8. The zero-order valence-electron chi connectivity index (χ0n) is 26.4. The van der Waals surface area contributed by atoms with Crippen LogP contribution in [0.25, 0.3) is 44.5 Å². The Morgan fingerprint density at radius 3 is 1.24 bits per heavy atom. The third-order valence-corrected chi connectivity index (χ3v) is 9.95. The largest absolute Gasteiger partial charge is 0.508 e. The van der Waals surface area contributed by atoms with Gasteiger partial charge in [0.05, 0.1) is 5.41 Å². The Balaban J connectivity index is 1.58. The first-order chi connectivity index (χ1) is 24.0. The number of ketones is 1. The Morgan fingerprint density at radius 2 is 0.816 bits per heavy atom. The molecule has 7 aromatic carbocycles. The van der Waals surface area contributed by atoms with Crippen molar-refractivity contribution in [1.29, 1.82) is 0 Å². The van der Waals surface area contributed by atoms with Gasteiger partial charge in [-0.3, -0.25) is 4.79 Å². The van der Waals surface area contributed by atoms with Gasteiger partial charge in [-0.2, -0.15) is 0 Å². The zero-order valence-corrected chi connectivity index (χ0v) is 26.4. The fourth-order valence-electron chi connectivity index (χ4n) is 8.07. The quantitative estimate of drug-likeness (QED) is 0.202. The molecule has 0 fully saturated rings. The average Bonchev–Trinajstić information content (AvgIpc) is 3.44. The standard InChI is InChI=1S/C45H30O4/c46-32-21-23-34-37(25-32)49-38-26-33(47)22-24-35(38)45(34)27-36(48)43-41(30-17-9-3-10-18-30)39(28-13-5-1-6-14-28)40(29-15-7-2-8-16-29)42(44(43)45)31-19-11-4-12-20-31/h1-26,46-47H,27H2. The summed E-state index contributed by atoms with van der Waals surface area (Å²) in [6, 6.07) is 51.5. The van der Waals surface area contributed by atoms with Gasteiger partial charge in [0.1, 0.15) is 23.0 Å². The molecule has 2 aliphatic rings. The molecule has 0 aromatic heterocycles. The molecule has 0 saturated heterocycles. The Kier molecular flexibility index (Phi) is 6.53. The predicted molar refractivity (Wildman–Crippen MR) is 193 cm³/mol. The van der Waals surface area contributed by atoms with Gasteiger partial charge in [0, 0.05) is 40.8 Å². The molecule has 7 aromatic rings. The summed E-state index contributed by atoms with van der Waals surface area (Å²) in [4.78, 5) is 15.2. The lowest BCUT2D eigenvalue weighted by Crippen LogP contribution is -2.31. The number of hydrogen-bond donors (Lipinski definition) is 2. The highest BCUT2D eigenvalue weighted by atomic mass is 16.5. The van der Waals surface area contributed by atoms with E-state index >= 15 is 4.79 Å². The minimum absolute atomic E-state index is 0.0165. The number of ether oxygens (including phenoxy) is 1. The second-order valence-corrected chi connectivity index (χ2v) is 12.7. The summed E-state index contributed by atoms with van der Waals surface area (Å²) in [5.74, 6) is 1.03. The van der Waals surface area contributed by atoms with Crippen molar-refractivity contribution >= 4 is 5.78 Å². The Bertz CT molecular complexity index is 2350. The van der Waals surface area contributed by atoms with Crippen LogP contribution in [0.15, 0.2) is 158 Å². The third kappa shape index (κ3) is 4.34. The summed E-state index contributed by atoms with van der Waals surface area (Å²) in [6.45, 7) is 0. The lowest BCUT2D eigenvalue weighted by Gasteiger charge is -2.40. The first kappa shape index (κ1) is 28.8. The maximum atomic E-state index is 15.2. The Hall–Kier alpha value is -6.39. The van der Waals surface area contributed by atoms with Crippen molar-refractivity contribution < 1.29 is 19.7 Å². The van der Waals surface area contributed by atoms with E-state index in [-0.39, 0.29) is 23.7 Å². The Labute approximate surface area is 284 Å². The molecule has 0 atom stereocenters. The molecule has 1 aliphatic carbocycles. The van der Waals surface area contributed by atoms with Crippen molar-refractivity contribution in [2.24, 2.45) is 0 Å². The van der Waals surface area contributed by atoms with E-state index in [0.717, 1.165) is 61.2 Å². The van der Waals surface area contributed by atoms with E-state index < -0.39 is 5.41 Å². The smallest absolute Gasteiger partial charge is 0.165 e. The molecule has 0 saturated carbocycles. The van der Waals surface area contributed by atoms with Crippen LogP contribution in [0.5, 0.6) is 23.0 Å². The highest BCUT2D eigenvalue weighted by Crippen LogP contribution is 2.64. The maximum absolute atomic E-state index is 15.2. The van der Waals surface area contributed by atoms with Crippen molar-refractivity contribution in [3.63, 3.8) is 0 Å². The lowest BCUT2D eigenvalue weighted by molar-refractivity contribution is 0.0983. The van der Waals surface area contributed by atoms with Crippen LogP contribution in [0, 0.1) is 0 Å². The lowest BCUT2D eigenvalue weighted by atomic mass is 9.65. The zero-order chi connectivity index (χ0) is 33.1. The van der Waals surface area contributed by atoms with E-state index in [1.807, 2.05) is 72.8 Å². The number of Topliss-reactive ketones (excluding diaryl/α,β-unsaturated/α-hetero) is 1. The van der Waals surface area contributed by atoms with E-state index in [1.165, 1.54) is 0 Å². The fraction of sp³-hybridized carbons (Fsp3) is 0.0444. The molecule has 1 heterocycles. The number of aromatic hydroxyl groups is 2. The highest BCUT2D eigenvalue weighted by molar-refractivity contribution is 6.18. The van der Waals surface area contributed by atoms with Gasteiger partial charge in [0.15, 0.2) is 5.78 Å². The van der Waals surface area contributed by atoms with Gasteiger partial charge in [-0.15, -0.1) is 0 Å². The molecule has 1 spiro atoms. The molecule has 49 heavy (non-hydrogen) atoms. The SMILES string of the molecule is O=C1CC2(c3ccc(O)cc3Oc3cc(O)ccc32)c2c1c(-c1ccccc1)c(-c1ccccc1)c(-c1ccccc1)c2-c1ccccc1. The molecule has 9 rings (SSSR count). The molecular weight excluding hydrogens is 604 g/mol. The molecule has 234 valence electrons. The summed E-state index contributed by atoms with van der Waals surface area (Å²) in [5.41, 5.74) is 9.98. The van der Waals surface area contributed by atoms with Crippen LogP contribution in [0.2, 0.25) is 0 Å². The number of phenolic OH excluding ortho intramolecular Hbond substituents is 2. The summed E-state index contributed by atoms with van der Waals surface area (Å²) < 4.78 is 6.41. The van der Waals surface area contributed by atoms with Crippen molar-refractivity contribution in [3.05, 3.63) is 180 Å². The molecule has 0 amide bonds. The van der Waals surface area contributed by atoms with E-state index in [4.69, 9.17) is 4.74 Å². The van der Waals surface area contributed by atoms with Crippen molar-refractivity contribution in [2.45, 2.75) is 11.8 Å². The second kappa shape index (κ2) is 11.1. The number of hydrogen-bond acceptors (Lipinski definition) is 4. The van der Waals surface area contributed by atoms with Gasteiger partial charge in [-0.25, -0.2) is 0 Å². The number of benzene rings is 7. The number of rotatable bonds is 4. The normalized spacial score (nSPS) is 13.8. The van der Waals surface area contributed by atoms with Gasteiger partial charge in [0.25, 0.3) is 0 Å².